The van der Waals surface area contributed by atoms with Crippen LogP contribution in [0.3, 0.4) is 0 Å². The van der Waals surface area contributed by atoms with Crippen LogP contribution in [0.15, 0.2) is 24.5 Å². The second-order valence-corrected chi connectivity index (χ2v) is 3.99. The first kappa shape index (κ1) is 7.39. The molecule has 1 aliphatic carbocycles. The second-order valence-electron chi connectivity index (χ2n) is 3.55. The largest absolute Gasteiger partial charge is 0.305 e. The maximum absolute atomic E-state index is 5.87. The van der Waals surface area contributed by atoms with Gasteiger partial charge in [0.05, 0.1) is 10.7 Å². The lowest BCUT2D eigenvalue weighted by atomic mass is 10.3. The average Bonchev–Trinajstić information content (AvgIpc) is 2.87. The summed E-state index contributed by atoms with van der Waals surface area (Å²) in [6.45, 7) is 0. The molecule has 2 nitrogen and oxygen atoms in total. The lowest BCUT2D eigenvalue weighted by Gasteiger charge is -1.91. The zero-order chi connectivity index (χ0) is 8.84. The van der Waals surface area contributed by atoms with E-state index >= 15 is 0 Å². The zero-order valence-electron chi connectivity index (χ0n) is 7.07. The number of nitrogens with zero attached hydrogens (tertiary/aromatic N) is 2. The smallest absolute Gasteiger partial charge is 0.137 e. The van der Waals surface area contributed by atoms with E-state index in [4.69, 9.17) is 11.6 Å². The number of halogens is 1. The number of imidazole rings is 1. The molecular formula is C10H9ClN2. The Hall–Kier alpha value is -1.02. The molecule has 2 aromatic rings. The molecule has 3 heteroatoms. The van der Waals surface area contributed by atoms with Crippen LogP contribution in [0.5, 0.6) is 0 Å². The fourth-order valence-electron chi connectivity index (χ4n) is 1.56. The highest BCUT2D eigenvalue weighted by Gasteiger charge is 2.25. The van der Waals surface area contributed by atoms with Crippen LogP contribution >= 0.6 is 11.6 Å². The second kappa shape index (κ2) is 2.48. The van der Waals surface area contributed by atoms with Crippen molar-refractivity contribution < 1.29 is 0 Å². The standard InChI is InChI=1S/C10H9ClN2/c11-8-3-4-10-12-9(7-1-2-7)6-13(10)5-8/h3-7H,1-2H2. The molecule has 0 spiro atoms. The number of pyridine rings is 1. The Bertz CT molecular complexity index is 457. The number of rotatable bonds is 1. The van der Waals surface area contributed by atoms with Crippen LogP contribution < -0.4 is 0 Å². The lowest BCUT2D eigenvalue weighted by molar-refractivity contribution is 1.06. The van der Waals surface area contributed by atoms with Gasteiger partial charge < -0.3 is 4.40 Å². The fourth-order valence-corrected chi connectivity index (χ4v) is 1.73. The normalized spacial score (nSPS) is 16.7. The van der Waals surface area contributed by atoms with Gasteiger partial charge in [-0.15, -0.1) is 0 Å². The van der Waals surface area contributed by atoms with Crippen LogP contribution in [0.4, 0.5) is 0 Å². The van der Waals surface area contributed by atoms with Crippen molar-refractivity contribution >= 4 is 17.2 Å². The molecule has 0 unspecified atom stereocenters. The number of aromatic nitrogens is 2. The molecule has 3 rings (SSSR count). The third kappa shape index (κ3) is 1.22. The van der Waals surface area contributed by atoms with Crippen molar-refractivity contribution in [3.05, 3.63) is 35.2 Å². The predicted octanol–water partition coefficient (Wildman–Crippen LogP) is 2.87. The zero-order valence-corrected chi connectivity index (χ0v) is 7.83. The molecule has 13 heavy (non-hydrogen) atoms. The van der Waals surface area contributed by atoms with Gasteiger partial charge in [-0.3, -0.25) is 0 Å². The highest BCUT2D eigenvalue weighted by molar-refractivity contribution is 6.30. The number of hydrogen-bond acceptors (Lipinski definition) is 1. The van der Waals surface area contributed by atoms with Crippen molar-refractivity contribution in [2.45, 2.75) is 18.8 Å². The van der Waals surface area contributed by atoms with E-state index in [1.165, 1.54) is 18.5 Å². The Morgan fingerprint density at radius 2 is 2.15 bits per heavy atom. The summed E-state index contributed by atoms with van der Waals surface area (Å²) in [7, 11) is 0. The van der Waals surface area contributed by atoms with Crippen LogP contribution in [0, 0.1) is 0 Å². The Morgan fingerprint density at radius 1 is 1.31 bits per heavy atom. The summed E-state index contributed by atoms with van der Waals surface area (Å²) < 4.78 is 2.00. The van der Waals surface area contributed by atoms with Gasteiger partial charge in [-0.05, 0) is 25.0 Å². The predicted molar refractivity (Wildman–Crippen MR) is 52.2 cm³/mol. The maximum atomic E-state index is 5.87. The van der Waals surface area contributed by atoms with E-state index in [-0.39, 0.29) is 0 Å². The molecule has 0 aliphatic heterocycles. The SMILES string of the molecule is Clc1ccc2nc(C3CC3)cn2c1. The molecule has 0 saturated heterocycles. The van der Waals surface area contributed by atoms with Crippen molar-refractivity contribution in [1.29, 1.82) is 0 Å². The third-order valence-corrected chi connectivity index (χ3v) is 2.65. The Balaban J connectivity index is 2.20. The van der Waals surface area contributed by atoms with Crippen molar-refractivity contribution in [1.82, 2.24) is 9.38 Å². The van der Waals surface area contributed by atoms with Crippen molar-refractivity contribution in [2.75, 3.05) is 0 Å². The lowest BCUT2D eigenvalue weighted by Crippen LogP contribution is -1.79. The molecule has 0 radical (unpaired) electrons. The molecule has 1 fully saturated rings. The monoisotopic (exact) mass is 192 g/mol. The van der Waals surface area contributed by atoms with E-state index in [2.05, 4.69) is 11.2 Å². The summed E-state index contributed by atoms with van der Waals surface area (Å²) in [5, 5.41) is 0.757. The topological polar surface area (TPSA) is 17.3 Å². The van der Waals surface area contributed by atoms with E-state index in [9.17, 15) is 0 Å². The van der Waals surface area contributed by atoms with Crippen LogP contribution in [0.1, 0.15) is 24.5 Å². The molecule has 1 saturated carbocycles. The molecule has 0 bridgehead atoms. The van der Waals surface area contributed by atoms with Gasteiger partial charge in [0, 0.05) is 18.3 Å². The van der Waals surface area contributed by atoms with Crippen molar-refractivity contribution in [3.8, 4) is 0 Å². The Kier molecular flexibility index (Phi) is 1.41. The van der Waals surface area contributed by atoms with Gasteiger partial charge in [-0.1, -0.05) is 11.6 Å². The van der Waals surface area contributed by atoms with Gasteiger partial charge in [0.1, 0.15) is 5.65 Å². The van der Waals surface area contributed by atoms with Crippen LogP contribution in [-0.2, 0) is 0 Å². The Labute approximate surface area is 81.2 Å². The van der Waals surface area contributed by atoms with Crippen molar-refractivity contribution in [2.24, 2.45) is 0 Å². The van der Waals surface area contributed by atoms with Crippen LogP contribution in [-0.4, -0.2) is 9.38 Å². The highest BCUT2D eigenvalue weighted by Crippen LogP contribution is 2.39. The van der Waals surface area contributed by atoms with Gasteiger partial charge in [-0.25, -0.2) is 4.98 Å². The molecule has 0 N–H and O–H groups in total. The van der Waals surface area contributed by atoms with E-state index in [0.29, 0.717) is 5.92 Å². The summed E-state index contributed by atoms with van der Waals surface area (Å²) >= 11 is 5.87. The first-order chi connectivity index (χ1) is 6.33. The quantitative estimate of drug-likeness (QED) is 0.679. The fraction of sp³-hybridized carbons (Fsp3) is 0.300. The maximum Gasteiger partial charge on any atom is 0.137 e. The van der Waals surface area contributed by atoms with E-state index in [1.54, 1.807) is 0 Å². The summed E-state index contributed by atoms with van der Waals surface area (Å²) in [6, 6.07) is 3.83. The summed E-state index contributed by atoms with van der Waals surface area (Å²) in [5.41, 5.74) is 2.20. The minimum atomic E-state index is 0.707. The van der Waals surface area contributed by atoms with Gasteiger partial charge in [0.2, 0.25) is 0 Å². The first-order valence-electron chi connectivity index (χ1n) is 4.47. The van der Waals surface area contributed by atoms with Crippen LogP contribution in [0.25, 0.3) is 5.65 Å². The van der Waals surface area contributed by atoms with Gasteiger partial charge >= 0.3 is 0 Å². The summed E-state index contributed by atoms with van der Waals surface area (Å²) in [4.78, 5) is 4.52. The Morgan fingerprint density at radius 3 is 2.92 bits per heavy atom. The molecule has 0 amide bonds. The molecule has 0 atom stereocenters. The summed E-state index contributed by atoms with van der Waals surface area (Å²) in [5.74, 6) is 0.707. The minimum Gasteiger partial charge on any atom is -0.305 e. The molecule has 2 aromatic heterocycles. The van der Waals surface area contributed by atoms with Crippen LogP contribution in [0.2, 0.25) is 5.02 Å². The van der Waals surface area contributed by atoms with Gasteiger partial charge in [-0.2, -0.15) is 0 Å². The van der Waals surface area contributed by atoms with Gasteiger partial charge in [0.25, 0.3) is 0 Å². The molecular weight excluding hydrogens is 184 g/mol. The van der Waals surface area contributed by atoms with Crippen molar-refractivity contribution in [3.63, 3.8) is 0 Å². The molecule has 66 valence electrons. The average molecular weight is 193 g/mol. The van der Waals surface area contributed by atoms with E-state index in [1.807, 2.05) is 22.7 Å². The first-order valence-corrected chi connectivity index (χ1v) is 4.85. The third-order valence-electron chi connectivity index (χ3n) is 2.43. The number of fused-ring (bicyclic) bond motifs is 1. The van der Waals surface area contributed by atoms with E-state index in [0.717, 1.165) is 10.7 Å². The molecule has 1 aliphatic rings. The molecule has 0 aromatic carbocycles. The highest BCUT2D eigenvalue weighted by atomic mass is 35.5. The van der Waals surface area contributed by atoms with E-state index < -0.39 is 0 Å². The molecule has 2 heterocycles. The summed E-state index contributed by atoms with van der Waals surface area (Å²) in [6.07, 6.45) is 6.56. The number of hydrogen-bond donors (Lipinski definition) is 0. The minimum absolute atomic E-state index is 0.707. The van der Waals surface area contributed by atoms with Gasteiger partial charge in [0.15, 0.2) is 0 Å².